The van der Waals surface area contributed by atoms with Gasteiger partial charge in [0.2, 0.25) is 10.0 Å². The molecular weight excluding hydrogens is 264 g/mol. The van der Waals surface area contributed by atoms with Gasteiger partial charge in [0.1, 0.15) is 0 Å². The summed E-state index contributed by atoms with van der Waals surface area (Å²) in [6.45, 7) is 4.74. The van der Waals surface area contributed by atoms with E-state index in [0.717, 1.165) is 6.42 Å². The maximum Gasteiger partial charge on any atom is 0.215 e. The summed E-state index contributed by atoms with van der Waals surface area (Å²) in [7, 11) is -3.35. The lowest BCUT2D eigenvalue weighted by Gasteiger charge is -2.07. The zero-order valence-electron chi connectivity index (χ0n) is 10.8. The number of nitrogens with two attached hydrogens (primary N) is 1. The summed E-state index contributed by atoms with van der Waals surface area (Å²) in [5.74, 6) is -0.0787. The van der Waals surface area contributed by atoms with Crippen molar-refractivity contribution in [3.63, 3.8) is 0 Å². The summed E-state index contributed by atoms with van der Waals surface area (Å²) in [5, 5.41) is 0. The van der Waals surface area contributed by atoms with E-state index in [1.54, 1.807) is 30.3 Å². The van der Waals surface area contributed by atoms with E-state index in [2.05, 4.69) is 11.3 Å². The van der Waals surface area contributed by atoms with Gasteiger partial charge < -0.3 is 10.5 Å². The molecular formula is C13H20N2O3S. The Bertz CT molecular complexity index is 500. The fourth-order valence-electron chi connectivity index (χ4n) is 1.49. The first-order valence-electron chi connectivity index (χ1n) is 6.04. The van der Waals surface area contributed by atoms with Crippen LogP contribution in [0.25, 0.3) is 0 Å². The van der Waals surface area contributed by atoms with Crippen LogP contribution >= 0.6 is 0 Å². The quantitative estimate of drug-likeness (QED) is 0.406. The Morgan fingerprint density at radius 1 is 1.37 bits per heavy atom. The van der Waals surface area contributed by atoms with Crippen molar-refractivity contribution in [2.45, 2.75) is 12.2 Å². The van der Waals surface area contributed by atoms with E-state index in [9.17, 15) is 8.42 Å². The van der Waals surface area contributed by atoms with Gasteiger partial charge in [-0.15, -0.1) is 6.58 Å². The molecule has 0 aromatic heterocycles. The third kappa shape index (κ3) is 6.95. The third-order valence-corrected chi connectivity index (χ3v) is 3.70. The Kier molecular flexibility index (Phi) is 6.55. The van der Waals surface area contributed by atoms with E-state index >= 15 is 0 Å². The molecule has 0 aliphatic heterocycles. The van der Waals surface area contributed by atoms with E-state index in [4.69, 9.17) is 10.5 Å². The van der Waals surface area contributed by atoms with Crippen molar-refractivity contribution in [1.29, 1.82) is 0 Å². The highest BCUT2D eigenvalue weighted by molar-refractivity contribution is 7.88. The molecule has 0 saturated heterocycles. The van der Waals surface area contributed by atoms with Crippen molar-refractivity contribution in [2.24, 2.45) is 0 Å². The maximum atomic E-state index is 11.8. The van der Waals surface area contributed by atoms with Crippen LogP contribution in [0.15, 0.2) is 36.9 Å². The number of ether oxygens (including phenoxy) is 1. The molecule has 0 aliphatic rings. The number of anilines is 1. The lowest BCUT2D eigenvalue weighted by atomic mass is 10.2. The number of hydrogen-bond acceptors (Lipinski definition) is 4. The second kappa shape index (κ2) is 7.93. The zero-order valence-corrected chi connectivity index (χ0v) is 11.7. The number of rotatable bonds is 9. The summed E-state index contributed by atoms with van der Waals surface area (Å²) >= 11 is 0. The fourth-order valence-corrected chi connectivity index (χ4v) is 2.61. The highest BCUT2D eigenvalue weighted by Crippen LogP contribution is 2.09. The highest BCUT2D eigenvalue weighted by Gasteiger charge is 2.10. The van der Waals surface area contributed by atoms with Gasteiger partial charge in [-0.1, -0.05) is 18.2 Å². The second-order valence-electron chi connectivity index (χ2n) is 4.09. The maximum absolute atomic E-state index is 11.8. The van der Waals surface area contributed by atoms with Crippen molar-refractivity contribution in [2.75, 3.05) is 25.5 Å². The van der Waals surface area contributed by atoms with Gasteiger partial charge in [-0.2, -0.15) is 0 Å². The van der Waals surface area contributed by atoms with Crippen molar-refractivity contribution in [3.05, 3.63) is 42.5 Å². The Morgan fingerprint density at radius 2 is 2.16 bits per heavy atom. The standard InChI is InChI=1S/C13H20N2O3S/c1-2-3-8-18-9-7-15-19(16,17)11-12-5-4-6-13(14)10-12/h2,4-6,10,15H,1,3,7-9,11,14H2. The minimum atomic E-state index is -3.35. The molecule has 0 unspecified atom stereocenters. The summed E-state index contributed by atoms with van der Waals surface area (Å²) < 4.78 is 31.3. The molecule has 0 aliphatic carbocycles. The molecule has 0 saturated carbocycles. The molecule has 0 bridgehead atoms. The Hall–Kier alpha value is -1.37. The lowest BCUT2D eigenvalue weighted by Crippen LogP contribution is -2.28. The van der Waals surface area contributed by atoms with E-state index in [0.29, 0.717) is 24.5 Å². The first-order chi connectivity index (χ1) is 9.03. The first kappa shape index (κ1) is 15.7. The number of nitrogen functional groups attached to an aromatic ring is 1. The molecule has 1 aromatic carbocycles. The number of hydrogen-bond donors (Lipinski definition) is 2. The Morgan fingerprint density at radius 3 is 2.84 bits per heavy atom. The molecule has 1 rings (SSSR count). The molecule has 0 fully saturated rings. The minimum absolute atomic E-state index is 0.0787. The third-order valence-electron chi connectivity index (χ3n) is 2.34. The molecule has 0 atom stereocenters. The predicted octanol–water partition coefficient (Wildman–Crippen LogP) is 1.28. The molecule has 0 radical (unpaired) electrons. The molecule has 1 aromatic rings. The molecule has 3 N–H and O–H groups in total. The molecule has 0 heterocycles. The first-order valence-corrected chi connectivity index (χ1v) is 7.69. The van der Waals surface area contributed by atoms with Gasteiger partial charge in [0, 0.05) is 12.2 Å². The second-order valence-corrected chi connectivity index (χ2v) is 5.90. The van der Waals surface area contributed by atoms with Crippen LogP contribution in [0.5, 0.6) is 0 Å². The predicted molar refractivity (Wildman–Crippen MR) is 77.1 cm³/mol. The van der Waals surface area contributed by atoms with E-state index in [1.165, 1.54) is 0 Å². The average molecular weight is 284 g/mol. The molecule has 106 valence electrons. The number of benzene rings is 1. The lowest BCUT2D eigenvalue weighted by molar-refractivity contribution is 0.144. The van der Waals surface area contributed by atoms with Gasteiger partial charge in [-0.25, -0.2) is 13.1 Å². The topological polar surface area (TPSA) is 81.4 Å². The van der Waals surface area contributed by atoms with Gasteiger partial charge in [0.05, 0.1) is 19.0 Å². The van der Waals surface area contributed by atoms with Crippen molar-refractivity contribution < 1.29 is 13.2 Å². The SMILES string of the molecule is C=CCCOCCNS(=O)(=O)Cc1cccc(N)c1. The normalized spacial score (nSPS) is 11.4. The number of sulfonamides is 1. The van der Waals surface area contributed by atoms with Gasteiger partial charge in [-0.05, 0) is 24.1 Å². The van der Waals surface area contributed by atoms with E-state index < -0.39 is 10.0 Å². The van der Waals surface area contributed by atoms with Crippen molar-refractivity contribution in [1.82, 2.24) is 4.72 Å². The van der Waals surface area contributed by atoms with Crippen molar-refractivity contribution >= 4 is 15.7 Å². The van der Waals surface area contributed by atoms with Crippen LogP contribution in [0.3, 0.4) is 0 Å². The summed E-state index contributed by atoms with van der Waals surface area (Å²) in [5.41, 5.74) is 6.83. The average Bonchev–Trinajstić information content (AvgIpc) is 2.33. The smallest absolute Gasteiger partial charge is 0.215 e. The van der Waals surface area contributed by atoms with Gasteiger partial charge >= 0.3 is 0 Å². The van der Waals surface area contributed by atoms with Crippen molar-refractivity contribution in [3.8, 4) is 0 Å². The molecule has 6 heteroatoms. The van der Waals surface area contributed by atoms with E-state index in [-0.39, 0.29) is 12.3 Å². The van der Waals surface area contributed by atoms with Gasteiger partial charge in [0.25, 0.3) is 0 Å². The highest BCUT2D eigenvalue weighted by atomic mass is 32.2. The largest absolute Gasteiger partial charge is 0.399 e. The van der Waals surface area contributed by atoms with Crippen LogP contribution in [0, 0.1) is 0 Å². The fraction of sp³-hybridized carbons (Fsp3) is 0.385. The molecule has 5 nitrogen and oxygen atoms in total. The Balaban J connectivity index is 2.34. The summed E-state index contributed by atoms with van der Waals surface area (Å²) in [6.07, 6.45) is 2.51. The van der Waals surface area contributed by atoms with Crippen LogP contribution in [-0.4, -0.2) is 28.2 Å². The monoisotopic (exact) mass is 284 g/mol. The minimum Gasteiger partial charge on any atom is -0.399 e. The summed E-state index contributed by atoms with van der Waals surface area (Å²) in [6, 6.07) is 6.84. The molecule has 0 spiro atoms. The van der Waals surface area contributed by atoms with Crippen LogP contribution < -0.4 is 10.5 Å². The van der Waals surface area contributed by atoms with E-state index in [1.807, 2.05) is 0 Å². The van der Waals surface area contributed by atoms with Crippen LogP contribution in [0.1, 0.15) is 12.0 Å². The molecule has 19 heavy (non-hydrogen) atoms. The summed E-state index contributed by atoms with van der Waals surface area (Å²) in [4.78, 5) is 0. The van der Waals surface area contributed by atoms with Gasteiger partial charge in [-0.3, -0.25) is 0 Å². The molecule has 0 amide bonds. The Labute approximate surface area is 114 Å². The zero-order chi connectivity index (χ0) is 14.1. The van der Waals surface area contributed by atoms with Crippen LogP contribution in [-0.2, 0) is 20.5 Å². The van der Waals surface area contributed by atoms with Gasteiger partial charge in [0.15, 0.2) is 0 Å². The van der Waals surface area contributed by atoms with Crippen LogP contribution in [0.2, 0.25) is 0 Å². The van der Waals surface area contributed by atoms with Crippen LogP contribution in [0.4, 0.5) is 5.69 Å². The number of nitrogens with one attached hydrogen (secondary N) is 1.